The second-order valence-corrected chi connectivity index (χ2v) is 3.09. The first-order valence-corrected chi connectivity index (χ1v) is 5.08. The quantitative estimate of drug-likeness (QED) is 0.742. The van der Waals surface area contributed by atoms with Gasteiger partial charge in [-0.15, -0.1) is 0 Å². The molecule has 0 aromatic heterocycles. The van der Waals surface area contributed by atoms with E-state index in [1.54, 1.807) is 25.3 Å². The normalized spacial score (nSPS) is 8.71. The van der Waals surface area contributed by atoms with Crippen LogP contribution in [-0.2, 0) is 0 Å². The summed E-state index contributed by atoms with van der Waals surface area (Å²) < 4.78 is 10.6. The molecule has 0 saturated carbocycles. The summed E-state index contributed by atoms with van der Waals surface area (Å²) >= 11 is 0. The minimum atomic E-state index is 0.0270. The van der Waals surface area contributed by atoms with Gasteiger partial charge in [0.2, 0.25) is 0 Å². The summed E-state index contributed by atoms with van der Waals surface area (Å²) in [4.78, 5) is 0. The van der Waals surface area contributed by atoms with Crippen LogP contribution in [0.1, 0.15) is 12.5 Å². The number of ether oxygens (including phenoxy) is 2. The fourth-order valence-electron chi connectivity index (χ4n) is 1.35. The van der Waals surface area contributed by atoms with Gasteiger partial charge in [-0.3, -0.25) is 0 Å². The number of para-hydroxylation sites is 1. The number of allylic oxidation sites excluding steroid dienone is 1. The van der Waals surface area contributed by atoms with Gasteiger partial charge in [0.25, 0.3) is 0 Å². The fourth-order valence-corrected chi connectivity index (χ4v) is 1.35. The maximum absolute atomic E-state index is 8.72. The minimum absolute atomic E-state index is 0.0270. The van der Waals surface area contributed by atoms with Crippen molar-refractivity contribution < 1.29 is 9.47 Å². The molecule has 17 heavy (non-hydrogen) atoms. The van der Waals surface area contributed by atoms with Gasteiger partial charge in [0, 0.05) is 5.56 Å². The monoisotopic (exact) mass is 228 g/mol. The zero-order chi connectivity index (χ0) is 12.7. The lowest BCUT2D eigenvalue weighted by atomic mass is 10.1. The van der Waals surface area contributed by atoms with Crippen LogP contribution in [0, 0.1) is 22.7 Å². The molecule has 0 aliphatic heterocycles. The second-order valence-electron chi connectivity index (χ2n) is 3.09. The summed E-state index contributed by atoms with van der Waals surface area (Å²) in [6.07, 6.45) is 1.48. The average Bonchev–Trinajstić information content (AvgIpc) is 2.37. The Kier molecular flexibility index (Phi) is 4.59. The van der Waals surface area contributed by atoms with E-state index in [1.807, 2.05) is 19.1 Å². The molecule has 1 aromatic rings. The van der Waals surface area contributed by atoms with Gasteiger partial charge in [-0.2, -0.15) is 10.5 Å². The van der Waals surface area contributed by atoms with Gasteiger partial charge in [0.15, 0.2) is 11.5 Å². The molecule has 0 spiro atoms. The molecule has 0 radical (unpaired) electrons. The van der Waals surface area contributed by atoms with Crippen molar-refractivity contribution in [1.82, 2.24) is 0 Å². The third kappa shape index (κ3) is 2.99. The first-order valence-electron chi connectivity index (χ1n) is 5.08. The highest BCUT2D eigenvalue weighted by Gasteiger charge is 2.09. The van der Waals surface area contributed by atoms with Gasteiger partial charge in [-0.1, -0.05) is 12.1 Å². The molecule has 0 saturated heterocycles. The van der Waals surface area contributed by atoms with Crippen LogP contribution in [0.3, 0.4) is 0 Å². The van der Waals surface area contributed by atoms with Gasteiger partial charge in [-0.25, -0.2) is 0 Å². The largest absolute Gasteiger partial charge is 0.493 e. The lowest BCUT2D eigenvalue weighted by Crippen LogP contribution is -1.97. The van der Waals surface area contributed by atoms with Crippen molar-refractivity contribution in [2.75, 3.05) is 13.7 Å². The molecule has 0 aliphatic carbocycles. The Morgan fingerprint density at radius 3 is 2.59 bits per heavy atom. The zero-order valence-electron chi connectivity index (χ0n) is 9.73. The highest BCUT2D eigenvalue weighted by molar-refractivity contribution is 5.68. The molecule has 86 valence electrons. The van der Waals surface area contributed by atoms with E-state index >= 15 is 0 Å². The summed E-state index contributed by atoms with van der Waals surface area (Å²) in [5.41, 5.74) is 0.684. The summed E-state index contributed by atoms with van der Waals surface area (Å²) in [5, 5.41) is 17.4. The van der Waals surface area contributed by atoms with Crippen molar-refractivity contribution in [3.63, 3.8) is 0 Å². The Morgan fingerprint density at radius 2 is 2.06 bits per heavy atom. The molecule has 0 fully saturated rings. The maximum Gasteiger partial charge on any atom is 0.168 e. The molecule has 0 atom stereocenters. The smallest absolute Gasteiger partial charge is 0.168 e. The summed E-state index contributed by atoms with van der Waals surface area (Å²) in [7, 11) is 1.54. The topological polar surface area (TPSA) is 66.0 Å². The van der Waals surface area contributed by atoms with Crippen LogP contribution in [0.5, 0.6) is 11.5 Å². The molecular weight excluding hydrogens is 216 g/mol. The van der Waals surface area contributed by atoms with Crippen LogP contribution in [0.15, 0.2) is 23.8 Å². The predicted molar refractivity (Wildman–Crippen MR) is 63.4 cm³/mol. The van der Waals surface area contributed by atoms with Crippen LogP contribution in [0.25, 0.3) is 6.08 Å². The number of benzene rings is 1. The van der Waals surface area contributed by atoms with E-state index < -0.39 is 0 Å². The second kappa shape index (κ2) is 6.19. The molecule has 0 N–H and O–H groups in total. The van der Waals surface area contributed by atoms with Gasteiger partial charge >= 0.3 is 0 Å². The third-order valence-corrected chi connectivity index (χ3v) is 2.06. The molecule has 1 aromatic carbocycles. The van der Waals surface area contributed by atoms with E-state index in [4.69, 9.17) is 20.0 Å². The Morgan fingerprint density at radius 1 is 1.35 bits per heavy atom. The van der Waals surface area contributed by atoms with Crippen LogP contribution in [0.2, 0.25) is 0 Å². The van der Waals surface area contributed by atoms with Crippen molar-refractivity contribution in [1.29, 1.82) is 10.5 Å². The van der Waals surface area contributed by atoms with Gasteiger partial charge in [-0.05, 0) is 19.1 Å². The number of nitrogens with zero attached hydrogens (tertiary/aromatic N) is 2. The van der Waals surface area contributed by atoms with E-state index in [1.165, 1.54) is 6.08 Å². The Labute approximate surface area is 100 Å². The average molecular weight is 228 g/mol. The molecule has 4 heteroatoms. The highest BCUT2D eigenvalue weighted by atomic mass is 16.5. The first kappa shape index (κ1) is 12.6. The van der Waals surface area contributed by atoms with Crippen LogP contribution < -0.4 is 9.47 Å². The predicted octanol–water partition coefficient (Wildman–Crippen LogP) is 2.52. The van der Waals surface area contributed by atoms with Crippen molar-refractivity contribution in [2.45, 2.75) is 6.92 Å². The molecule has 0 amide bonds. The SMILES string of the molecule is CCOc1c(C=C(C#N)C#N)cccc1OC. The zero-order valence-corrected chi connectivity index (χ0v) is 9.73. The number of rotatable bonds is 4. The Balaban J connectivity index is 3.29. The van der Waals surface area contributed by atoms with E-state index in [0.717, 1.165) is 0 Å². The highest BCUT2D eigenvalue weighted by Crippen LogP contribution is 2.32. The first-order chi connectivity index (χ1) is 8.26. The molecule has 0 bridgehead atoms. The van der Waals surface area contributed by atoms with Crippen molar-refractivity contribution in [3.8, 4) is 23.6 Å². The van der Waals surface area contributed by atoms with Crippen molar-refractivity contribution in [2.24, 2.45) is 0 Å². The van der Waals surface area contributed by atoms with Crippen LogP contribution in [0.4, 0.5) is 0 Å². The number of methoxy groups -OCH3 is 1. The van der Waals surface area contributed by atoms with Crippen LogP contribution >= 0.6 is 0 Å². The summed E-state index contributed by atoms with van der Waals surface area (Å²) in [5.74, 6) is 1.12. The van der Waals surface area contributed by atoms with E-state index in [2.05, 4.69) is 0 Å². The van der Waals surface area contributed by atoms with Crippen molar-refractivity contribution >= 4 is 6.08 Å². The fraction of sp³-hybridized carbons (Fsp3) is 0.231. The molecule has 4 nitrogen and oxygen atoms in total. The number of hydrogen-bond donors (Lipinski definition) is 0. The lowest BCUT2D eigenvalue weighted by Gasteiger charge is -2.11. The Bertz CT molecular complexity index is 491. The van der Waals surface area contributed by atoms with Gasteiger partial charge in [0.1, 0.15) is 17.7 Å². The van der Waals surface area contributed by atoms with Gasteiger partial charge in [0.05, 0.1) is 13.7 Å². The van der Waals surface area contributed by atoms with Crippen LogP contribution in [-0.4, -0.2) is 13.7 Å². The maximum atomic E-state index is 8.72. The molecule has 1 rings (SSSR count). The molecule has 0 aliphatic rings. The Hall–Kier alpha value is -2.46. The van der Waals surface area contributed by atoms with Crippen molar-refractivity contribution in [3.05, 3.63) is 29.3 Å². The van der Waals surface area contributed by atoms with E-state index in [9.17, 15) is 0 Å². The number of nitriles is 2. The molecule has 0 heterocycles. The lowest BCUT2D eigenvalue weighted by molar-refractivity contribution is 0.310. The number of hydrogen-bond acceptors (Lipinski definition) is 4. The molecular formula is C13H12N2O2. The van der Waals surface area contributed by atoms with E-state index in [-0.39, 0.29) is 5.57 Å². The molecule has 0 unspecified atom stereocenters. The van der Waals surface area contributed by atoms with Gasteiger partial charge < -0.3 is 9.47 Å². The standard InChI is InChI=1S/C13H12N2O2/c1-3-17-13-11(7-10(8-14)9-15)5-4-6-12(13)16-2/h4-7H,3H2,1-2H3. The summed E-state index contributed by atoms with van der Waals surface area (Å²) in [6.45, 7) is 2.34. The minimum Gasteiger partial charge on any atom is -0.493 e. The van der Waals surface area contributed by atoms with E-state index in [0.29, 0.717) is 23.7 Å². The summed E-state index contributed by atoms with van der Waals surface area (Å²) in [6, 6.07) is 8.93. The third-order valence-electron chi connectivity index (χ3n) is 2.06.